The van der Waals surface area contributed by atoms with Crippen molar-refractivity contribution in [3.8, 4) is 11.3 Å². The molecule has 11 nitrogen and oxygen atoms in total. The van der Waals surface area contributed by atoms with Gasteiger partial charge in [-0.2, -0.15) is 14.4 Å². The lowest BCUT2D eigenvalue weighted by molar-refractivity contribution is -0.160. The second kappa shape index (κ2) is 12.6. The van der Waals surface area contributed by atoms with Crippen LogP contribution in [0.25, 0.3) is 22.4 Å². The van der Waals surface area contributed by atoms with Gasteiger partial charge < -0.3 is 15.0 Å². The van der Waals surface area contributed by atoms with Crippen LogP contribution < -0.4 is 5.73 Å². The van der Waals surface area contributed by atoms with E-state index in [1.165, 1.54) is 4.68 Å². The Morgan fingerprint density at radius 2 is 1.96 bits per heavy atom. The summed E-state index contributed by atoms with van der Waals surface area (Å²) in [6, 6.07) is 7.68. The highest BCUT2D eigenvalue weighted by atomic mass is 19.1. The fraction of sp³-hybridized carbons (Fsp3) is 0.545. The second-order valence-corrected chi connectivity index (χ2v) is 13.2. The molecule has 3 aromatic heterocycles. The van der Waals surface area contributed by atoms with Crippen LogP contribution in [-0.4, -0.2) is 52.4 Å². The molecule has 4 aromatic rings. The Morgan fingerprint density at radius 3 is 2.71 bits per heavy atom. The number of hydrogen-bond donors (Lipinski definition) is 1. The number of ether oxygens (including phenoxy) is 1. The third-order valence-corrected chi connectivity index (χ3v) is 10.0. The van der Waals surface area contributed by atoms with E-state index < -0.39 is 6.08 Å². The fourth-order valence-electron chi connectivity index (χ4n) is 7.72. The Hall–Kier alpha value is -4.22. The summed E-state index contributed by atoms with van der Waals surface area (Å²) in [5.74, 6) is 1.49. The maximum Gasteiger partial charge on any atom is 0.328 e. The molecule has 1 aromatic carbocycles. The molecule has 3 heterocycles. The minimum Gasteiger partial charge on any atom is -0.461 e. The fourth-order valence-corrected chi connectivity index (χ4v) is 7.72. The predicted octanol–water partition coefficient (Wildman–Crippen LogP) is 5.09. The first-order chi connectivity index (χ1) is 21.6. The van der Waals surface area contributed by atoms with Crippen molar-refractivity contribution in [1.29, 1.82) is 0 Å². The zero-order valence-electron chi connectivity index (χ0n) is 26.3. The molecule has 2 aliphatic carbocycles. The van der Waals surface area contributed by atoms with Gasteiger partial charge in [-0.1, -0.05) is 63.6 Å². The Labute approximate surface area is 261 Å². The first-order valence-electron chi connectivity index (χ1n) is 16.0. The van der Waals surface area contributed by atoms with Crippen molar-refractivity contribution < 1.29 is 18.7 Å². The van der Waals surface area contributed by atoms with Crippen LogP contribution >= 0.6 is 0 Å². The molecule has 0 amide bonds. The lowest BCUT2D eigenvalue weighted by Crippen LogP contribution is -2.44. The second-order valence-electron chi connectivity index (χ2n) is 13.2. The summed E-state index contributed by atoms with van der Waals surface area (Å²) < 4.78 is 23.2. The molecule has 0 bridgehead atoms. The molecular weight excluding hydrogens is 575 g/mol. The summed E-state index contributed by atoms with van der Waals surface area (Å²) in [6.45, 7) is 9.23. The van der Waals surface area contributed by atoms with Crippen LogP contribution in [0.5, 0.6) is 0 Å². The first kappa shape index (κ1) is 30.8. The van der Waals surface area contributed by atoms with E-state index in [0.29, 0.717) is 53.4 Å². The molecule has 7 unspecified atom stereocenters. The zero-order valence-corrected chi connectivity index (χ0v) is 26.3. The number of nitrogen functional groups attached to an aromatic ring is 1. The van der Waals surface area contributed by atoms with E-state index in [4.69, 9.17) is 10.5 Å². The van der Waals surface area contributed by atoms with Gasteiger partial charge in [0.25, 0.3) is 0 Å². The average molecular weight is 617 g/mol. The number of esters is 1. The van der Waals surface area contributed by atoms with Gasteiger partial charge in [0, 0.05) is 23.8 Å². The van der Waals surface area contributed by atoms with Crippen LogP contribution in [0.4, 0.5) is 10.2 Å². The molecule has 0 spiro atoms. The first-order valence-corrected chi connectivity index (χ1v) is 16.0. The number of Topliss-reactive ketones (excluding diaryl/α,β-unsaturated/α-hetero) is 1. The van der Waals surface area contributed by atoms with E-state index in [1.54, 1.807) is 17.1 Å². The van der Waals surface area contributed by atoms with Crippen LogP contribution in [0.1, 0.15) is 65.4 Å². The van der Waals surface area contributed by atoms with Gasteiger partial charge >= 0.3 is 12.0 Å². The van der Waals surface area contributed by atoms with Crippen LogP contribution in [0.3, 0.4) is 0 Å². The Morgan fingerprint density at radius 1 is 1.18 bits per heavy atom. The van der Waals surface area contributed by atoms with Gasteiger partial charge in [-0.3, -0.25) is 9.59 Å². The van der Waals surface area contributed by atoms with Gasteiger partial charge in [0.05, 0.1) is 19.1 Å². The topological polar surface area (TPSA) is 144 Å². The number of aromatic nitrogens is 7. The molecule has 238 valence electrons. The number of imidazole rings is 1. The number of carbonyl (C=O) groups is 2. The predicted molar refractivity (Wildman–Crippen MR) is 166 cm³/mol. The van der Waals surface area contributed by atoms with Crippen LogP contribution in [0, 0.1) is 41.6 Å². The van der Waals surface area contributed by atoms with Crippen molar-refractivity contribution in [1.82, 2.24) is 34.5 Å². The number of ketones is 1. The third-order valence-electron chi connectivity index (χ3n) is 10.0. The van der Waals surface area contributed by atoms with E-state index in [0.717, 1.165) is 36.8 Å². The van der Waals surface area contributed by atoms with Gasteiger partial charge in [-0.05, 0) is 48.5 Å². The van der Waals surface area contributed by atoms with E-state index in [9.17, 15) is 14.0 Å². The van der Waals surface area contributed by atoms with Gasteiger partial charge in [-0.15, -0.1) is 5.10 Å². The van der Waals surface area contributed by atoms with Crippen LogP contribution in [0.2, 0.25) is 0 Å². The lowest BCUT2D eigenvalue weighted by Gasteiger charge is -2.42. The molecule has 0 saturated heterocycles. The number of benzene rings is 1. The Bertz CT molecular complexity index is 1680. The van der Waals surface area contributed by atoms with Crippen molar-refractivity contribution in [2.45, 2.75) is 79.0 Å². The molecule has 0 radical (unpaired) electrons. The van der Waals surface area contributed by atoms with Gasteiger partial charge in [-0.25, -0.2) is 9.67 Å². The lowest BCUT2D eigenvalue weighted by atomic mass is 9.65. The number of carbonyl (C=O) groups excluding carboxylic acids is 2. The van der Waals surface area contributed by atoms with Gasteiger partial charge in [0.15, 0.2) is 11.5 Å². The van der Waals surface area contributed by atoms with Crippen LogP contribution in [-0.2, 0) is 27.4 Å². The monoisotopic (exact) mass is 616 g/mol. The maximum absolute atomic E-state index is 13.7. The number of rotatable bonds is 8. The molecule has 12 heteroatoms. The molecular formula is C33H41FN8O3. The number of halogens is 1. The standard InChI is InChI=1S/C33H41FN8O3/c1-5-19(3)28-26(13-18(2)12-20(4)23-10-11-25(43)29(23)28)45-27(44)16-42-15-24(39-40-42)22-8-6-21(7-9-22)14-41-17-36-30-31(35)37-33(34)38-32(30)41/h6-9,15,17-20,23,26,28-29H,5,10-14,16H2,1-4H3,(H2,35,37,38). The van der Waals surface area contributed by atoms with Gasteiger partial charge in [0.1, 0.15) is 29.6 Å². The number of anilines is 1. The number of nitrogens with zero attached hydrogens (tertiary/aromatic N) is 7. The summed E-state index contributed by atoms with van der Waals surface area (Å²) in [5, 5.41) is 8.47. The van der Waals surface area contributed by atoms with Crippen LogP contribution in [0.15, 0.2) is 36.8 Å². The Balaban J connectivity index is 1.13. The van der Waals surface area contributed by atoms with Crippen molar-refractivity contribution in [2.75, 3.05) is 5.73 Å². The van der Waals surface area contributed by atoms with E-state index in [1.807, 2.05) is 24.3 Å². The molecule has 2 saturated carbocycles. The summed E-state index contributed by atoms with van der Waals surface area (Å²) in [4.78, 5) is 38.1. The molecule has 45 heavy (non-hydrogen) atoms. The smallest absolute Gasteiger partial charge is 0.328 e. The largest absolute Gasteiger partial charge is 0.461 e. The number of fused-ring (bicyclic) bond motifs is 2. The minimum atomic E-state index is -0.897. The molecule has 6 rings (SSSR count). The summed E-state index contributed by atoms with van der Waals surface area (Å²) in [6.07, 6.45) is 6.41. The van der Waals surface area contributed by atoms with Crippen molar-refractivity contribution >= 4 is 28.7 Å². The molecule has 2 aliphatic rings. The Kier molecular flexibility index (Phi) is 8.65. The maximum atomic E-state index is 13.7. The molecule has 7 atom stereocenters. The highest BCUT2D eigenvalue weighted by Crippen LogP contribution is 2.48. The number of hydrogen-bond acceptors (Lipinski definition) is 9. The van der Waals surface area contributed by atoms with Crippen molar-refractivity contribution in [3.63, 3.8) is 0 Å². The van der Waals surface area contributed by atoms with E-state index >= 15 is 0 Å². The average Bonchev–Trinajstić information content (AvgIpc) is 3.72. The summed E-state index contributed by atoms with van der Waals surface area (Å²) >= 11 is 0. The molecule has 2 fully saturated rings. The minimum absolute atomic E-state index is 0.000312. The van der Waals surface area contributed by atoms with E-state index in [2.05, 4.69) is 53.0 Å². The third kappa shape index (κ3) is 6.32. The van der Waals surface area contributed by atoms with Crippen molar-refractivity contribution in [2.24, 2.45) is 35.5 Å². The van der Waals surface area contributed by atoms with Crippen molar-refractivity contribution in [3.05, 3.63) is 48.4 Å². The molecule has 2 N–H and O–H groups in total. The highest BCUT2D eigenvalue weighted by Gasteiger charge is 2.49. The number of nitrogens with two attached hydrogens (primary N) is 1. The SMILES string of the molecule is CCC(C)C1C(OC(=O)Cn2cc(-c3ccc(Cn4cnc5c(N)nc(F)nc54)cc3)nn2)CC(C)CC(C)C2CCC(=O)C21. The zero-order chi connectivity index (χ0) is 31.8. The van der Waals surface area contributed by atoms with E-state index in [-0.39, 0.29) is 42.2 Å². The normalized spacial score (nSPS) is 25.9. The molecule has 0 aliphatic heterocycles. The summed E-state index contributed by atoms with van der Waals surface area (Å²) in [7, 11) is 0. The highest BCUT2D eigenvalue weighted by molar-refractivity contribution is 5.84. The quantitative estimate of drug-likeness (QED) is 0.211. The summed E-state index contributed by atoms with van der Waals surface area (Å²) in [5.41, 5.74) is 8.84. The van der Waals surface area contributed by atoms with Gasteiger partial charge in [0.2, 0.25) is 0 Å².